The van der Waals surface area contributed by atoms with Crippen molar-refractivity contribution < 1.29 is 29.0 Å². The fourth-order valence-electron chi connectivity index (χ4n) is 5.97. The maximum absolute atomic E-state index is 12.5. The fourth-order valence-corrected chi connectivity index (χ4v) is 5.97. The summed E-state index contributed by atoms with van der Waals surface area (Å²) in [5.41, 5.74) is 7.60. The Kier molecular flexibility index (Phi) is 21.3. The molecule has 1 unspecified atom stereocenters. The Bertz CT molecular complexity index is 1410. The Morgan fingerprint density at radius 2 is 1.61 bits per heavy atom. The van der Waals surface area contributed by atoms with Gasteiger partial charge in [0, 0.05) is 12.1 Å². The minimum absolute atomic E-state index is 0.00403. The van der Waals surface area contributed by atoms with Gasteiger partial charge < -0.3 is 25.6 Å². The number of ether oxygens (including phenoxy) is 2. The van der Waals surface area contributed by atoms with E-state index in [9.17, 15) is 14.4 Å². The molecule has 10 heteroatoms. The number of amides is 2. The summed E-state index contributed by atoms with van der Waals surface area (Å²) in [6, 6.07) is 10.2. The highest BCUT2D eigenvalue weighted by Gasteiger charge is 2.27. The first-order chi connectivity index (χ1) is 24.8. The second kappa shape index (κ2) is 25.5. The Labute approximate surface area is 304 Å². The zero-order valence-corrected chi connectivity index (χ0v) is 30.5. The molecule has 0 radical (unpaired) electrons. The van der Waals surface area contributed by atoms with Crippen LogP contribution in [0.5, 0.6) is 0 Å². The van der Waals surface area contributed by atoms with E-state index in [1.165, 1.54) is 67.7 Å². The van der Waals surface area contributed by atoms with Gasteiger partial charge in [0.15, 0.2) is 5.69 Å². The van der Waals surface area contributed by atoms with E-state index in [4.69, 9.17) is 20.3 Å². The molecule has 3 aliphatic rings. The van der Waals surface area contributed by atoms with Crippen LogP contribution in [0.3, 0.4) is 0 Å². The highest BCUT2D eigenvalue weighted by molar-refractivity contribution is 5.96. The average Bonchev–Trinajstić information content (AvgIpc) is 3.44. The van der Waals surface area contributed by atoms with Crippen LogP contribution in [0.1, 0.15) is 130 Å². The van der Waals surface area contributed by atoms with Crippen LogP contribution in [-0.2, 0) is 20.9 Å². The number of carbonyl (C=O) groups is 3. The van der Waals surface area contributed by atoms with Crippen LogP contribution in [0.15, 0.2) is 72.4 Å². The summed E-state index contributed by atoms with van der Waals surface area (Å²) in [5, 5.41) is 15.6. The Balaban J connectivity index is 0.000000288. The van der Waals surface area contributed by atoms with Gasteiger partial charge in [-0.25, -0.2) is 9.48 Å². The lowest BCUT2D eigenvalue weighted by Crippen LogP contribution is -2.40. The molecule has 1 heterocycles. The van der Waals surface area contributed by atoms with Gasteiger partial charge in [-0.3, -0.25) is 9.59 Å². The number of nitrogens with two attached hydrogens (primary N) is 1. The van der Waals surface area contributed by atoms with E-state index in [0.29, 0.717) is 6.10 Å². The molecule has 0 bridgehead atoms. The van der Waals surface area contributed by atoms with Crippen LogP contribution in [0, 0.1) is 12.8 Å². The normalized spacial score (nSPS) is 16.8. The highest BCUT2D eigenvalue weighted by atomic mass is 16.5. The Morgan fingerprint density at radius 3 is 2.22 bits per heavy atom. The van der Waals surface area contributed by atoms with E-state index in [2.05, 4.69) is 53.6 Å². The van der Waals surface area contributed by atoms with Crippen LogP contribution in [0.4, 0.5) is 0 Å². The molecule has 0 spiro atoms. The first-order valence-electron chi connectivity index (χ1n) is 18.3. The summed E-state index contributed by atoms with van der Waals surface area (Å²) < 4.78 is 12.1. The highest BCUT2D eigenvalue weighted by Crippen LogP contribution is 2.21. The van der Waals surface area contributed by atoms with Crippen molar-refractivity contribution in [2.24, 2.45) is 5.73 Å². The third-order valence-electron chi connectivity index (χ3n) is 8.81. The molecular weight excluding hydrogens is 644 g/mol. The van der Waals surface area contributed by atoms with Gasteiger partial charge >= 0.3 is 5.97 Å². The number of hydrogen-bond donors (Lipinski definition) is 3. The lowest BCUT2D eigenvalue weighted by molar-refractivity contribution is -0.125. The number of primary amides is 1. The third kappa shape index (κ3) is 16.4. The van der Waals surface area contributed by atoms with Crippen molar-refractivity contribution in [1.29, 1.82) is 0 Å². The minimum Gasteiger partial charge on any atom is -0.461 e. The van der Waals surface area contributed by atoms with Crippen LogP contribution in [0.25, 0.3) is 0 Å². The number of aromatic nitrogens is 2. The molecule has 2 aromatic rings. The zero-order valence-electron chi connectivity index (χ0n) is 30.5. The summed E-state index contributed by atoms with van der Waals surface area (Å²) in [6.45, 7) is 4.41. The van der Waals surface area contributed by atoms with Gasteiger partial charge in [-0.1, -0.05) is 112 Å². The number of rotatable bonds is 10. The summed E-state index contributed by atoms with van der Waals surface area (Å²) in [6.07, 6.45) is 35.1. The fraction of sp³-hybridized carbons (Fsp3) is 0.512. The average molecular weight is 703 g/mol. The molecule has 1 aromatic carbocycles. The minimum atomic E-state index is -0.754. The summed E-state index contributed by atoms with van der Waals surface area (Å²) in [4.78, 5) is 35.9. The number of hydrogen-bond acceptors (Lipinski definition) is 7. The molecule has 4 N–H and O–H groups in total. The predicted octanol–water partition coefficient (Wildman–Crippen LogP) is 7.16. The number of terminal acetylenes is 1. The molecule has 2 fully saturated rings. The van der Waals surface area contributed by atoms with Gasteiger partial charge in [0.05, 0.1) is 25.9 Å². The van der Waals surface area contributed by atoms with Gasteiger partial charge in [0.2, 0.25) is 5.91 Å². The number of aliphatic hydroxyl groups excluding tert-OH is 1. The quantitative estimate of drug-likeness (QED) is 0.176. The van der Waals surface area contributed by atoms with Crippen LogP contribution in [-0.4, -0.2) is 58.0 Å². The van der Waals surface area contributed by atoms with Crippen molar-refractivity contribution in [1.82, 2.24) is 15.1 Å². The van der Waals surface area contributed by atoms with Crippen LogP contribution in [0.2, 0.25) is 0 Å². The molecule has 2 saturated carbocycles. The molecule has 3 aliphatic carbocycles. The molecule has 51 heavy (non-hydrogen) atoms. The molecule has 1 aromatic heterocycles. The van der Waals surface area contributed by atoms with Crippen LogP contribution >= 0.6 is 0 Å². The summed E-state index contributed by atoms with van der Waals surface area (Å²) in [5.74, 6) is -1.66. The van der Waals surface area contributed by atoms with Crippen molar-refractivity contribution in [3.8, 4) is 12.8 Å². The van der Waals surface area contributed by atoms with Crippen molar-refractivity contribution in [2.75, 3.05) is 13.2 Å². The van der Waals surface area contributed by atoms with Gasteiger partial charge in [-0.05, 0) is 57.1 Å². The lowest BCUT2D eigenvalue weighted by atomic mass is 9.95. The van der Waals surface area contributed by atoms with Crippen molar-refractivity contribution in [3.63, 3.8) is 0 Å². The number of nitrogens with one attached hydrogen (secondary N) is 1. The van der Waals surface area contributed by atoms with E-state index in [0.717, 1.165) is 44.3 Å². The van der Waals surface area contributed by atoms with Gasteiger partial charge in [-0.15, -0.1) is 12.8 Å². The van der Waals surface area contributed by atoms with Crippen LogP contribution < -0.4 is 11.1 Å². The Morgan fingerprint density at radius 1 is 0.980 bits per heavy atom. The zero-order chi connectivity index (χ0) is 37.3. The third-order valence-corrected chi connectivity index (χ3v) is 8.81. The van der Waals surface area contributed by atoms with E-state index in [1.54, 1.807) is 13.8 Å². The number of carbonyl (C=O) groups excluding carboxylic acids is 3. The molecule has 10 nitrogen and oxygen atoms in total. The van der Waals surface area contributed by atoms with Crippen molar-refractivity contribution >= 4 is 17.8 Å². The first-order valence-corrected chi connectivity index (χ1v) is 18.3. The topological polar surface area (TPSA) is 146 Å². The Hall–Kier alpha value is -4.46. The molecule has 1 atom stereocenters. The maximum Gasteiger partial charge on any atom is 0.358 e. The lowest BCUT2D eigenvalue weighted by Gasteiger charge is -2.24. The molecule has 278 valence electrons. The number of esters is 1. The van der Waals surface area contributed by atoms with E-state index >= 15 is 0 Å². The van der Waals surface area contributed by atoms with Crippen molar-refractivity contribution in [3.05, 3.63) is 89.3 Å². The van der Waals surface area contributed by atoms with E-state index in [-0.39, 0.29) is 36.6 Å². The predicted molar refractivity (Wildman–Crippen MR) is 202 cm³/mol. The number of nitrogens with zero attached hydrogens (tertiary/aromatic N) is 2. The van der Waals surface area contributed by atoms with Gasteiger partial charge in [0.25, 0.3) is 5.91 Å². The second-order valence-electron chi connectivity index (χ2n) is 12.7. The standard InChI is InChI=1S/C16H24N4O4.C16H24O.C7H8O.C2H2/c1-3-24-16(23)12-9-13(14(17)21)20(19-12)10(2)15(22)18-11-7-5-4-6-8-11;1-2-8-12-16(13-9-3-1)17-14-15-10-6-4-5-7-11-15;8-6-7-4-2-1-3-5-7;1-2/h9-11H,3-8H2,1-2H3,(H2,17,21)(H,18,22);4-6,10-11,16H,1-3,7-9,12-14H2;1-5,8H,6H2;1-2H. The molecule has 5 rings (SSSR count). The summed E-state index contributed by atoms with van der Waals surface area (Å²) >= 11 is 0. The molecule has 0 aliphatic heterocycles. The number of aliphatic hydroxyl groups is 1. The molecular formula is C41H58N4O6. The van der Waals surface area contributed by atoms with Gasteiger partial charge in [-0.2, -0.15) is 5.10 Å². The first kappa shape index (κ1) is 42.7. The SMILES string of the molecule is C#C.C1=CCC=C(COC2CCCCCCC2)C=C1.CCOC(=O)c1cc(C(N)=O)n(C(C)C(=O)NC2CCCCC2)n1.OCc1ccccc1. The molecule has 0 saturated heterocycles. The second-order valence-corrected chi connectivity index (χ2v) is 12.7. The smallest absolute Gasteiger partial charge is 0.358 e. The number of allylic oxidation sites excluding steroid dienone is 4. The van der Waals surface area contributed by atoms with Gasteiger partial charge in [0.1, 0.15) is 11.7 Å². The van der Waals surface area contributed by atoms with Crippen molar-refractivity contribution in [2.45, 2.75) is 122 Å². The monoisotopic (exact) mass is 702 g/mol. The van der Waals surface area contributed by atoms with E-state index in [1.807, 2.05) is 30.3 Å². The maximum atomic E-state index is 12.5. The largest absolute Gasteiger partial charge is 0.461 e. The molecule has 2 amide bonds. The number of benzene rings is 1. The summed E-state index contributed by atoms with van der Waals surface area (Å²) in [7, 11) is 0. The van der Waals surface area contributed by atoms with E-state index < -0.39 is 17.9 Å².